The second kappa shape index (κ2) is 8.64. The predicted molar refractivity (Wildman–Crippen MR) is 124 cm³/mol. The van der Waals surface area contributed by atoms with E-state index < -0.39 is 51.9 Å². The fourth-order valence-corrected chi connectivity index (χ4v) is 5.71. The summed E-state index contributed by atoms with van der Waals surface area (Å²) in [5.41, 5.74) is -1.47. The van der Waals surface area contributed by atoms with E-state index in [0.717, 1.165) is 5.56 Å². The normalized spacial score (nSPS) is 25.7. The van der Waals surface area contributed by atoms with Crippen molar-refractivity contribution in [1.82, 2.24) is 5.32 Å². The van der Waals surface area contributed by atoms with Gasteiger partial charge in [0.25, 0.3) is 0 Å². The molecule has 0 heterocycles. The van der Waals surface area contributed by atoms with Gasteiger partial charge in [-0.15, -0.1) is 0 Å². The molecule has 3 atom stereocenters. The molecule has 0 saturated carbocycles. The van der Waals surface area contributed by atoms with E-state index >= 15 is 0 Å². The number of hydrogen-bond donors (Lipinski definition) is 5. The smallest absolute Gasteiger partial charge is 0.217 e. The number of hydrogen-bond acceptors (Lipinski definition) is 8. The van der Waals surface area contributed by atoms with Gasteiger partial charge in [0.2, 0.25) is 11.7 Å². The number of aliphatic hydroxyl groups excluding tert-OH is 2. The van der Waals surface area contributed by atoms with Gasteiger partial charge < -0.3 is 25.7 Å². The quantitative estimate of drug-likeness (QED) is 0.399. The van der Waals surface area contributed by atoms with Crippen LogP contribution in [0, 0.1) is 11.8 Å². The number of ketones is 3. The summed E-state index contributed by atoms with van der Waals surface area (Å²) in [7, 11) is 0. The summed E-state index contributed by atoms with van der Waals surface area (Å²) in [6, 6.07) is 1.74. The van der Waals surface area contributed by atoms with Crippen LogP contribution in [0.2, 0.25) is 0 Å². The minimum Gasteiger partial charge on any atom is -0.511 e. The molecule has 5 N–H and O–H groups in total. The summed E-state index contributed by atoms with van der Waals surface area (Å²) in [6.07, 6.45) is 0.701. The van der Waals surface area contributed by atoms with Crippen LogP contribution in [0.4, 0.5) is 0 Å². The molecular formula is C26H29NO8. The number of benzene rings is 1. The van der Waals surface area contributed by atoms with Crippen molar-refractivity contribution in [3.8, 4) is 5.75 Å². The first-order valence-electron chi connectivity index (χ1n) is 11.8. The highest BCUT2D eigenvalue weighted by atomic mass is 16.3. The minimum atomic E-state index is -2.51. The average molecular weight is 484 g/mol. The Morgan fingerprint density at radius 2 is 1.80 bits per heavy atom. The number of aliphatic hydroxyl groups is 3. The summed E-state index contributed by atoms with van der Waals surface area (Å²) in [4.78, 5) is 50.6. The number of fused-ring (bicyclic) bond motifs is 3. The minimum absolute atomic E-state index is 0.000241. The lowest BCUT2D eigenvalue weighted by atomic mass is 9.59. The highest BCUT2D eigenvalue weighted by Gasteiger charge is 2.59. The molecule has 0 aliphatic heterocycles. The van der Waals surface area contributed by atoms with Gasteiger partial charge in [-0.1, -0.05) is 19.9 Å². The SMILES string of the molecule is CCC(=O)C1=C(O)C[C@@H]2C[C@@H]3Cc4c(CC)cc(CNC(C)=O)c(O)c4C(=O)C3=C(O)[C@]2(O)C1=O. The summed E-state index contributed by atoms with van der Waals surface area (Å²) >= 11 is 0. The Bertz CT molecular complexity index is 1240. The van der Waals surface area contributed by atoms with Crippen molar-refractivity contribution in [3.05, 3.63) is 51.0 Å². The molecule has 0 bridgehead atoms. The summed E-state index contributed by atoms with van der Waals surface area (Å²) < 4.78 is 0. The number of phenols is 1. The third-order valence-corrected chi connectivity index (χ3v) is 7.50. The maximum absolute atomic E-state index is 13.7. The molecule has 3 aliphatic carbocycles. The Morgan fingerprint density at radius 3 is 2.40 bits per heavy atom. The van der Waals surface area contributed by atoms with Crippen LogP contribution >= 0.6 is 0 Å². The molecule has 0 unspecified atom stereocenters. The van der Waals surface area contributed by atoms with Crippen LogP contribution in [0.1, 0.15) is 67.1 Å². The van der Waals surface area contributed by atoms with Crippen molar-refractivity contribution in [1.29, 1.82) is 0 Å². The third kappa shape index (κ3) is 3.56. The number of allylic oxidation sites excluding steroid dienone is 2. The first kappa shape index (κ1) is 24.7. The van der Waals surface area contributed by atoms with E-state index in [4.69, 9.17) is 0 Å². The van der Waals surface area contributed by atoms with Crippen molar-refractivity contribution < 1.29 is 39.6 Å². The number of aromatic hydroxyl groups is 1. The summed E-state index contributed by atoms with van der Waals surface area (Å²) in [5, 5.41) is 46.6. The van der Waals surface area contributed by atoms with E-state index in [0.29, 0.717) is 17.5 Å². The van der Waals surface area contributed by atoms with Crippen molar-refractivity contribution in [3.63, 3.8) is 0 Å². The Balaban J connectivity index is 1.87. The molecule has 0 fully saturated rings. The van der Waals surface area contributed by atoms with Crippen molar-refractivity contribution in [2.24, 2.45) is 11.8 Å². The highest BCUT2D eigenvalue weighted by molar-refractivity contribution is 6.25. The molecular weight excluding hydrogens is 454 g/mol. The number of carbonyl (C=O) groups is 4. The topological polar surface area (TPSA) is 161 Å². The number of phenolic OH excluding ortho intramolecular Hbond substituents is 1. The van der Waals surface area contributed by atoms with Gasteiger partial charge in [0.05, 0.1) is 5.56 Å². The van der Waals surface area contributed by atoms with Crippen LogP contribution in [0.3, 0.4) is 0 Å². The Labute approximate surface area is 202 Å². The van der Waals surface area contributed by atoms with E-state index in [9.17, 15) is 39.6 Å². The van der Waals surface area contributed by atoms with E-state index in [1.165, 1.54) is 13.8 Å². The second-order valence-electron chi connectivity index (χ2n) is 9.48. The molecule has 3 aliphatic rings. The second-order valence-corrected chi connectivity index (χ2v) is 9.48. The van der Waals surface area contributed by atoms with Crippen LogP contribution in [0.15, 0.2) is 28.7 Å². The fraction of sp³-hybridized carbons (Fsp3) is 0.462. The Morgan fingerprint density at radius 1 is 1.11 bits per heavy atom. The monoisotopic (exact) mass is 483 g/mol. The number of rotatable bonds is 5. The molecule has 186 valence electrons. The Hall–Kier alpha value is -3.46. The van der Waals surface area contributed by atoms with E-state index in [1.807, 2.05) is 6.92 Å². The average Bonchev–Trinajstić information content (AvgIpc) is 2.80. The van der Waals surface area contributed by atoms with E-state index in [-0.39, 0.29) is 55.0 Å². The molecule has 1 aromatic rings. The highest BCUT2D eigenvalue weighted by Crippen LogP contribution is 2.52. The summed E-state index contributed by atoms with van der Waals surface area (Å²) in [6.45, 7) is 4.74. The molecule has 35 heavy (non-hydrogen) atoms. The van der Waals surface area contributed by atoms with Gasteiger partial charge in [-0.3, -0.25) is 19.2 Å². The van der Waals surface area contributed by atoms with Crippen LogP contribution in [-0.2, 0) is 33.8 Å². The largest absolute Gasteiger partial charge is 0.511 e. The van der Waals surface area contributed by atoms with Crippen LogP contribution < -0.4 is 5.32 Å². The van der Waals surface area contributed by atoms with Crippen molar-refractivity contribution >= 4 is 23.3 Å². The van der Waals surface area contributed by atoms with Gasteiger partial charge in [-0.05, 0) is 36.3 Å². The number of Topliss-reactive ketones (excluding diaryl/α,β-unsaturated/α-hetero) is 3. The third-order valence-electron chi connectivity index (χ3n) is 7.50. The zero-order valence-corrected chi connectivity index (χ0v) is 19.9. The molecule has 4 rings (SSSR count). The van der Waals surface area contributed by atoms with Crippen molar-refractivity contribution in [2.75, 3.05) is 0 Å². The Kier molecular flexibility index (Phi) is 6.09. The fourth-order valence-electron chi connectivity index (χ4n) is 5.71. The van der Waals surface area contributed by atoms with Gasteiger partial charge in [0.15, 0.2) is 17.2 Å². The number of amides is 1. The molecule has 0 radical (unpaired) electrons. The van der Waals surface area contributed by atoms with Crippen molar-refractivity contribution in [2.45, 2.75) is 65.0 Å². The molecule has 0 saturated heterocycles. The standard InChI is InChI=1S/C26H29NO8/c1-4-12-6-14(10-27-11(3)28)22(31)20-16(12)8-13-7-15-9-18(30)21(17(29)5-2)25(34)26(15,35)24(33)19(13)23(20)32/h6,13,15,30-31,33,35H,4-5,7-10H2,1-3H3,(H,27,28)/t13-,15+,26+/m1/s1. The molecule has 9 nitrogen and oxygen atoms in total. The zero-order chi connectivity index (χ0) is 25.8. The lowest BCUT2D eigenvalue weighted by molar-refractivity contribution is -0.144. The summed E-state index contributed by atoms with van der Waals surface area (Å²) in [5.74, 6) is -5.80. The lowest BCUT2D eigenvalue weighted by Gasteiger charge is -2.46. The van der Waals surface area contributed by atoms with Gasteiger partial charge in [0.1, 0.15) is 22.8 Å². The lowest BCUT2D eigenvalue weighted by Crippen LogP contribution is -2.56. The molecule has 0 aromatic heterocycles. The van der Waals surface area contributed by atoms with Crippen LogP contribution in [0.5, 0.6) is 5.75 Å². The molecule has 0 spiro atoms. The zero-order valence-electron chi connectivity index (χ0n) is 19.9. The van der Waals surface area contributed by atoms with Crippen LogP contribution in [-0.4, -0.2) is 49.3 Å². The first-order chi connectivity index (χ1) is 16.5. The molecule has 1 aromatic carbocycles. The van der Waals surface area contributed by atoms with Gasteiger partial charge >= 0.3 is 0 Å². The van der Waals surface area contributed by atoms with Crippen LogP contribution in [0.25, 0.3) is 0 Å². The molecule has 1 amide bonds. The van der Waals surface area contributed by atoms with E-state index in [1.54, 1.807) is 6.07 Å². The first-order valence-corrected chi connectivity index (χ1v) is 11.8. The van der Waals surface area contributed by atoms with Gasteiger partial charge in [-0.2, -0.15) is 0 Å². The van der Waals surface area contributed by atoms with Gasteiger partial charge in [0, 0.05) is 43.4 Å². The number of carbonyl (C=O) groups excluding carboxylic acids is 4. The van der Waals surface area contributed by atoms with Gasteiger partial charge in [-0.25, -0.2) is 0 Å². The number of nitrogens with one attached hydrogen (secondary N) is 1. The maximum atomic E-state index is 13.7. The number of aryl methyl sites for hydroxylation is 1. The maximum Gasteiger partial charge on any atom is 0.217 e. The predicted octanol–water partition coefficient (Wildman–Crippen LogP) is 2.27. The van der Waals surface area contributed by atoms with E-state index in [2.05, 4.69) is 5.32 Å². The molecule has 9 heteroatoms.